The van der Waals surface area contributed by atoms with Crippen molar-refractivity contribution in [3.05, 3.63) is 0 Å². The average molecular weight is 243 g/mol. The van der Waals surface area contributed by atoms with Gasteiger partial charge < -0.3 is 10.1 Å². The van der Waals surface area contributed by atoms with Crippen LogP contribution in [0.15, 0.2) is 0 Å². The van der Waals surface area contributed by atoms with Crippen molar-refractivity contribution < 1.29 is 4.79 Å². The lowest BCUT2D eigenvalue weighted by Crippen LogP contribution is -2.06. The first-order valence-electron chi connectivity index (χ1n) is 7.41. The zero-order valence-corrected chi connectivity index (χ0v) is 12.5. The van der Waals surface area contributed by atoms with Crippen LogP contribution in [0.3, 0.4) is 0 Å². The van der Waals surface area contributed by atoms with Crippen LogP contribution in [-0.4, -0.2) is 19.4 Å². The van der Waals surface area contributed by atoms with Crippen LogP contribution >= 0.6 is 0 Å². The highest BCUT2D eigenvalue weighted by Gasteiger charge is 1.94. The van der Waals surface area contributed by atoms with Gasteiger partial charge in [0.05, 0.1) is 0 Å². The Morgan fingerprint density at radius 3 is 1.65 bits per heavy atom. The van der Waals surface area contributed by atoms with Gasteiger partial charge in [0, 0.05) is 6.42 Å². The average Bonchev–Trinajstić information content (AvgIpc) is 2.34. The van der Waals surface area contributed by atoms with E-state index in [4.69, 9.17) is 0 Å². The largest absolute Gasteiger partial charge is 0.320 e. The maximum absolute atomic E-state index is 10.7. The van der Waals surface area contributed by atoms with Crippen LogP contribution in [-0.2, 0) is 4.79 Å². The van der Waals surface area contributed by atoms with Crippen LogP contribution in [0.5, 0.6) is 0 Å². The predicted octanol–water partition coefficient (Wildman–Crippen LogP) is 4.33. The minimum atomic E-state index is 0.335. The number of carbonyl (C=O) groups is 1. The van der Waals surface area contributed by atoms with Crippen LogP contribution in [0.25, 0.3) is 0 Å². The molecule has 0 rings (SSSR count). The summed E-state index contributed by atoms with van der Waals surface area (Å²) in [5, 5.41) is 3.17. The Labute approximate surface area is 109 Å². The van der Waals surface area contributed by atoms with Gasteiger partial charge in [0.15, 0.2) is 0 Å². The van der Waals surface area contributed by atoms with Crippen molar-refractivity contribution in [2.75, 3.05) is 13.6 Å². The molecule has 0 bridgehead atoms. The van der Waals surface area contributed by atoms with Crippen molar-refractivity contribution in [1.29, 1.82) is 0 Å². The van der Waals surface area contributed by atoms with Gasteiger partial charge in [-0.15, -0.1) is 0 Å². The van der Waals surface area contributed by atoms with Gasteiger partial charge in [-0.05, 0) is 33.4 Å². The summed E-state index contributed by atoms with van der Waals surface area (Å²) >= 11 is 0. The van der Waals surface area contributed by atoms with E-state index >= 15 is 0 Å². The van der Waals surface area contributed by atoms with Crippen LogP contribution in [0.2, 0.25) is 0 Å². The van der Waals surface area contributed by atoms with Gasteiger partial charge in [0.25, 0.3) is 0 Å². The second kappa shape index (κ2) is 18.0. The maximum atomic E-state index is 10.7. The minimum absolute atomic E-state index is 0.335. The lowest BCUT2D eigenvalue weighted by molar-refractivity contribution is -0.117. The summed E-state index contributed by atoms with van der Waals surface area (Å²) in [4.78, 5) is 10.7. The summed E-state index contributed by atoms with van der Waals surface area (Å²) < 4.78 is 0. The molecule has 0 atom stereocenters. The molecule has 0 spiro atoms. The molecule has 0 unspecified atom stereocenters. The van der Waals surface area contributed by atoms with E-state index in [-0.39, 0.29) is 0 Å². The molecule has 0 aliphatic carbocycles. The number of Topliss-reactive ketones (excluding diaryl/α,β-unsaturated/α-hetero) is 1. The van der Waals surface area contributed by atoms with Crippen molar-refractivity contribution in [2.24, 2.45) is 0 Å². The Balaban J connectivity index is 0. The molecule has 0 fully saturated rings. The van der Waals surface area contributed by atoms with E-state index in [2.05, 4.69) is 5.32 Å². The third-order valence-corrected chi connectivity index (χ3v) is 2.71. The van der Waals surface area contributed by atoms with Gasteiger partial charge in [-0.25, -0.2) is 0 Å². The molecule has 0 heterocycles. The fourth-order valence-corrected chi connectivity index (χ4v) is 1.74. The van der Waals surface area contributed by atoms with Crippen LogP contribution in [0.1, 0.15) is 78.6 Å². The molecule has 0 aromatic carbocycles. The lowest BCUT2D eigenvalue weighted by Gasteiger charge is -2.01. The lowest BCUT2D eigenvalue weighted by atomic mass is 10.1. The van der Waals surface area contributed by atoms with Crippen molar-refractivity contribution in [1.82, 2.24) is 5.32 Å². The molecule has 0 aliphatic rings. The number of nitrogens with one attached hydrogen (secondary N) is 1. The second-order valence-corrected chi connectivity index (χ2v) is 4.38. The highest BCUT2D eigenvalue weighted by atomic mass is 16.1. The van der Waals surface area contributed by atoms with E-state index < -0.39 is 0 Å². The summed E-state index contributed by atoms with van der Waals surface area (Å²) in [6, 6.07) is 0. The van der Waals surface area contributed by atoms with Gasteiger partial charge in [-0.2, -0.15) is 0 Å². The van der Waals surface area contributed by atoms with Crippen LogP contribution in [0.4, 0.5) is 0 Å². The molecule has 2 nitrogen and oxygen atoms in total. The second-order valence-electron chi connectivity index (χ2n) is 4.38. The summed E-state index contributed by atoms with van der Waals surface area (Å²) in [7, 11) is 2.01. The summed E-state index contributed by atoms with van der Waals surface area (Å²) in [6.45, 7) is 6.83. The molecule has 104 valence electrons. The maximum Gasteiger partial charge on any atom is 0.129 e. The van der Waals surface area contributed by atoms with Gasteiger partial charge in [0.2, 0.25) is 0 Å². The first-order chi connectivity index (χ1) is 8.27. The molecule has 0 radical (unpaired) electrons. The fourth-order valence-electron chi connectivity index (χ4n) is 1.74. The molecule has 0 aromatic rings. The minimum Gasteiger partial charge on any atom is -0.320 e. The highest BCUT2D eigenvalue weighted by Crippen LogP contribution is 2.09. The van der Waals surface area contributed by atoms with Gasteiger partial charge in [0.1, 0.15) is 5.78 Å². The van der Waals surface area contributed by atoms with Crippen molar-refractivity contribution >= 4 is 5.78 Å². The normalized spacial score (nSPS) is 9.65. The molecule has 0 aromatic heterocycles. The number of hydrogen-bond donors (Lipinski definition) is 1. The molecular weight excluding hydrogens is 210 g/mol. The zero-order chi connectivity index (χ0) is 13.4. The topological polar surface area (TPSA) is 29.1 Å². The standard InChI is InChI=1S/C13H27NO.C2H6/c1-13(15)11-9-7-5-3-4-6-8-10-12-14-2;1-2/h14H,3-12H2,1-2H3;1-2H3. The van der Waals surface area contributed by atoms with Gasteiger partial charge in [-0.3, -0.25) is 0 Å². The first-order valence-corrected chi connectivity index (χ1v) is 7.41. The number of ketones is 1. The third-order valence-electron chi connectivity index (χ3n) is 2.71. The number of unbranched alkanes of at least 4 members (excludes halogenated alkanes) is 7. The molecule has 17 heavy (non-hydrogen) atoms. The Morgan fingerprint density at radius 1 is 0.824 bits per heavy atom. The molecule has 1 N–H and O–H groups in total. The number of carbonyl (C=O) groups excluding carboxylic acids is 1. The Bertz CT molecular complexity index is 146. The van der Waals surface area contributed by atoms with Gasteiger partial charge >= 0.3 is 0 Å². The summed E-state index contributed by atoms with van der Waals surface area (Å²) in [6.07, 6.45) is 11.2. The smallest absolute Gasteiger partial charge is 0.129 e. The summed E-state index contributed by atoms with van der Waals surface area (Å²) in [5.41, 5.74) is 0. The van der Waals surface area contributed by atoms with Crippen LogP contribution in [0, 0.1) is 0 Å². The Morgan fingerprint density at radius 2 is 1.24 bits per heavy atom. The van der Waals surface area contributed by atoms with E-state index in [0.29, 0.717) is 5.78 Å². The van der Waals surface area contributed by atoms with E-state index in [1.54, 1.807) is 6.92 Å². The molecule has 0 amide bonds. The molecular formula is C15H33NO. The number of rotatable bonds is 11. The third kappa shape index (κ3) is 21.5. The highest BCUT2D eigenvalue weighted by molar-refractivity contribution is 5.75. The predicted molar refractivity (Wildman–Crippen MR) is 77.5 cm³/mol. The SMILES string of the molecule is CC.CNCCCCCCCCCCC(C)=O. The van der Waals surface area contributed by atoms with E-state index in [1.165, 1.54) is 44.9 Å². The monoisotopic (exact) mass is 243 g/mol. The van der Waals surface area contributed by atoms with Crippen molar-refractivity contribution in [2.45, 2.75) is 78.6 Å². The van der Waals surface area contributed by atoms with Crippen molar-refractivity contribution in [3.8, 4) is 0 Å². The quantitative estimate of drug-likeness (QED) is 0.547. The first kappa shape index (κ1) is 19.0. The Kier molecular flexibility index (Phi) is 20.1. The zero-order valence-electron chi connectivity index (χ0n) is 12.5. The molecule has 2 heteroatoms. The van der Waals surface area contributed by atoms with E-state index in [9.17, 15) is 4.79 Å². The Hall–Kier alpha value is -0.370. The fraction of sp³-hybridized carbons (Fsp3) is 0.933. The van der Waals surface area contributed by atoms with Gasteiger partial charge in [-0.1, -0.05) is 52.4 Å². The van der Waals surface area contributed by atoms with Crippen molar-refractivity contribution in [3.63, 3.8) is 0 Å². The summed E-state index contributed by atoms with van der Waals surface area (Å²) in [5.74, 6) is 0.335. The van der Waals surface area contributed by atoms with E-state index in [0.717, 1.165) is 19.4 Å². The number of hydrogen-bond acceptors (Lipinski definition) is 2. The van der Waals surface area contributed by atoms with Crippen LogP contribution < -0.4 is 5.32 Å². The molecule has 0 saturated carbocycles. The molecule has 0 aliphatic heterocycles. The molecule has 0 saturated heterocycles. The van der Waals surface area contributed by atoms with E-state index in [1.807, 2.05) is 20.9 Å².